The molecule has 0 aromatic heterocycles. The van der Waals surface area contributed by atoms with Gasteiger partial charge < -0.3 is 14.8 Å². The lowest BCUT2D eigenvalue weighted by Crippen LogP contribution is -2.33. The van der Waals surface area contributed by atoms with Gasteiger partial charge in [-0.3, -0.25) is 0 Å². The van der Waals surface area contributed by atoms with E-state index in [4.69, 9.17) is 9.47 Å². The zero-order valence-corrected chi connectivity index (χ0v) is 10.8. The van der Waals surface area contributed by atoms with Gasteiger partial charge in [0, 0.05) is 19.8 Å². The number of rotatable bonds is 9. The van der Waals surface area contributed by atoms with Gasteiger partial charge in [-0.25, -0.2) is 0 Å². The quantitative estimate of drug-likeness (QED) is 0.615. The third-order valence-electron chi connectivity index (χ3n) is 3.47. The Bertz CT molecular complexity index is 158. The predicted molar refractivity (Wildman–Crippen MR) is 66.7 cm³/mol. The van der Waals surface area contributed by atoms with Crippen molar-refractivity contribution in [2.24, 2.45) is 5.92 Å². The summed E-state index contributed by atoms with van der Waals surface area (Å²) in [6.45, 7) is 5.65. The highest BCUT2D eigenvalue weighted by atomic mass is 16.5. The molecule has 1 fully saturated rings. The van der Waals surface area contributed by atoms with E-state index in [-0.39, 0.29) is 0 Å². The first-order valence-corrected chi connectivity index (χ1v) is 6.64. The van der Waals surface area contributed by atoms with Crippen molar-refractivity contribution in [2.45, 2.75) is 45.1 Å². The molecule has 1 aliphatic carbocycles. The molecule has 0 spiro atoms. The maximum Gasteiger partial charge on any atom is 0.0700 e. The van der Waals surface area contributed by atoms with E-state index >= 15 is 0 Å². The number of methoxy groups -OCH3 is 1. The van der Waals surface area contributed by atoms with Crippen LogP contribution in [0, 0.1) is 5.92 Å². The Morgan fingerprint density at radius 2 is 1.94 bits per heavy atom. The highest BCUT2D eigenvalue weighted by Gasteiger charge is 2.20. The van der Waals surface area contributed by atoms with E-state index in [0.717, 1.165) is 25.5 Å². The van der Waals surface area contributed by atoms with E-state index < -0.39 is 0 Å². The molecule has 16 heavy (non-hydrogen) atoms. The molecule has 0 unspecified atom stereocenters. The van der Waals surface area contributed by atoms with Gasteiger partial charge in [-0.15, -0.1) is 0 Å². The van der Waals surface area contributed by atoms with E-state index in [2.05, 4.69) is 12.2 Å². The fourth-order valence-corrected chi connectivity index (χ4v) is 2.37. The molecule has 1 aliphatic rings. The fourth-order valence-electron chi connectivity index (χ4n) is 2.37. The lowest BCUT2D eigenvalue weighted by atomic mass is 10.00. The lowest BCUT2D eigenvalue weighted by molar-refractivity contribution is 0.0691. The van der Waals surface area contributed by atoms with Crippen molar-refractivity contribution in [3.8, 4) is 0 Å². The largest absolute Gasteiger partial charge is 0.382 e. The molecular weight excluding hydrogens is 202 g/mol. The van der Waals surface area contributed by atoms with Crippen LogP contribution in [0.25, 0.3) is 0 Å². The Balaban J connectivity index is 1.86. The van der Waals surface area contributed by atoms with Gasteiger partial charge in [0.1, 0.15) is 0 Å². The Labute approximate surface area is 99.9 Å². The van der Waals surface area contributed by atoms with E-state index in [1.165, 1.54) is 25.7 Å². The summed E-state index contributed by atoms with van der Waals surface area (Å²) in [6.07, 6.45) is 6.78. The summed E-state index contributed by atoms with van der Waals surface area (Å²) >= 11 is 0. The lowest BCUT2D eigenvalue weighted by Gasteiger charge is -2.20. The van der Waals surface area contributed by atoms with E-state index in [1.54, 1.807) is 7.11 Å². The third-order valence-corrected chi connectivity index (χ3v) is 3.47. The summed E-state index contributed by atoms with van der Waals surface area (Å²) in [5.41, 5.74) is 0. The van der Waals surface area contributed by atoms with Crippen LogP contribution in [0.5, 0.6) is 0 Å². The number of hydrogen-bond donors (Lipinski definition) is 1. The van der Waals surface area contributed by atoms with Crippen molar-refractivity contribution in [1.29, 1.82) is 0 Å². The molecule has 3 heteroatoms. The molecule has 0 aliphatic heterocycles. The highest BCUT2D eigenvalue weighted by molar-refractivity contribution is 4.76. The van der Waals surface area contributed by atoms with Gasteiger partial charge in [0.25, 0.3) is 0 Å². The molecular formula is C13H27NO2. The Kier molecular flexibility index (Phi) is 7.81. The molecule has 0 aromatic carbocycles. The van der Waals surface area contributed by atoms with Crippen LogP contribution >= 0.6 is 0 Å². The fraction of sp³-hybridized carbons (Fsp3) is 1.00. The molecule has 0 bridgehead atoms. The van der Waals surface area contributed by atoms with Crippen molar-refractivity contribution in [1.82, 2.24) is 5.32 Å². The maximum absolute atomic E-state index is 5.42. The normalized spacial score (nSPS) is 19.1. The monoisotopic (exact) mass is 229 g/mol. The first-order valence-electron chi connectivity index (χ1n) is 6.64. The van der Waals surface area contributed by atoms with E-state index in [1.807, 2.05) is 0 Å². The summed E-state index contributed by atoms with van der Waals surface area (Å²) in [4.78, 5) is 0. The molecule has 0 aromatic rings. The Morgan fingerprint density at radius 3 is 2.62 bits per heavy atom. The van der Waals surface area contributed by atoms with Gasteiger partial charge in [0.05, 0.1) is 13.2 Å². The first kappa shape index (κ1) is 13.9. The standard InChI is InChI=1S/C13H27NO2/c1-12(13-6-3-4-7-13)14-8-5-9-16-11-10-15-2/h12-14H,3-11H2,1-2H3/t12-/m0/s1. The van der Waals surface area contributed by atoms with Crippen molar-refractivity contribution < 1.29 is 9.47 Å². The zero-order valence-electron chi connectivity index (χ0n) is 10.8. The maximum atomic E-state index is 5.42. The van der Waals surface area contributed by atoms with Crippen molar-refractivity contribution in [3.63, 3.8) is 0 Å². The topological polar surface area (TPSA) is 30.5 Å². The molecule has 96 valence electrons. The number of ether oxygens (including phenoxy) is 2. The van der Waals surface area contributed by atoms with E-state index in [9.17, 15) is 0 Å². The summed E-state index contributed by atoms with van der Waals surface area (Å²) in [6, 6.07) is 0.682. The van der Waals surface area contributed by atoms with Crippen LogP contribution in [0.15, 0.2) is 0 Å². The third kappa shape index (κ3) is 5.83. The zero-order chi connectivity index (χ0) is 11.6. The first-order chi connectivity index (χ1) is 7.84. The van der Waals surface area contributed by atoms with Crippen molar-refractivity contribution >= 4 is 0 Å². The highest BCUT2D eigenvalue weighted by Crippen LogP contribution is 2.27. The summed E-state index contributed by atoms with van der Waals surface area (Å²) in [7, 11) is 1.70. The molecule has 0 heterocycles. The summed E-state index contributed by atoms with van der Waals surface area (Å²) in [5.74, 6) is 0.911. The molecule has 1 rings (SSSR count). The molecule has 0 radical (unpaired) electrons. The molecule has 1 saturated carbocycles. The summed E-state index contributed by atoms with van der Waals surface area (Å²) in [5, 5.41) is 3.60. The van der Waals surface area contributed by atoms with Crippen LogP contribution in [0.2, 0.25) is 0 Å². The van der Waals surface area contributed by atoms with Crippen LogP contribution in [0.3, 0.4) is 0 Å². The van der Waals surface area contributed by atoms with Crippen LogP contribution in [-0.2, 0) is 9.47 Å². The smallest absolute Gasteiger partial charge is 0.0700 e. The van der Waals surface area contributed by atoms with E-state index in [0.29, 0.717) is 19.3 Å². The van der Waals surface area contributed by atoms with Crippen LogP contribution in [-0.4, -0.2) is 39.5 Å². The molecule has 1 atom stereocenters. The van der Waals surface area contributed by atoms with Crippen LogP contribution in [0.1, 0.15) is 39.0 Å². The second kappa shape index (κ2) is 8.97. The Hall–Kier alpha value is -0.120. The minimum absolute atomic E-state index is 0.682. The minimum Gasteiger partial charge on any atom is -0.382 e. The van der Waals surface area contributed by atoms with Gasteiger partial charge in [-0.1, -0.05) is 12.8 Å². The molecule has 0 saturated heterocycles. The molecule has 3 nitrogen and oxygen atoms in total. The Morgan fingerprint density at radius 1 is 1.19 bits per heavy atom. The second-order valence-electron chi connectivity index (χ2n) is 4.75. The SMILES string of the molecule is COCCOCCCN[C@@H](C)C1CCCC1. The number of hydrogen-bond acceptors (Lipinski definition) is 3. The number of nitrogens with one attached hydrogen (secondary N) is 1. The average Bonchev–Trinajstić information content (AvgIpc) is 2.81. The van der Waals surface area contributed by atoms with Crippen LogP contribution < -0.4 is 5.32 Å². The van der Waals surface area contributed by atoms with Gasteiger partial charge >= 0.3 is 0 Å². The second-order valence-corrected chi connectivity index (χ2v) is 4.75. The molecule has 0 amide bonds. The van der Waals surface area contributed by atoms with Gasteiger partial charge in [0.15, 0.2) is 0 Å². The molecule has 1 N–H and O–H groups in total. The predicted octanol–water partition coefficient (Wildman–Crippen LogP) is 2.21. The van der Waals surface area contributed by atoms with Crippen molar-refractivity contribution in [3.05, 3.63) is 0 Å². The van der Waals surface area contributed by atoms with Crippen molar-refractivity contribution in [2.75, 3.05) is 33.5 Å². The minimum atomic E-state index is 0.682. The van der Waals surface area contributed by atoms with Gasteiger partial charge in [-0.05, 0) is 38.6 Å². The van der Waals surface area contributed by atoms with Gasteiger partial charge in [-0.2, -0.15) is 0 Å². The summed E-state index contributed by atoms with van der Waals surface area (Å²) < 4.78 is 10.3. The average molecular weight is 229 g/mol. The van der Waals surface area contributed by atoms with Crippen LogP contribution in [0.4, 0.5) is 0 Å². The van der Waals surface area contributed by atoms with Gasteiger partial charge in [0.2, 0.25) is 0 Å².